The second kappa shape index (κ2) is 9.64. The lowest BCUT2D eigenvalue weighted by atomic mass is 10.1. The van der Waals surface area contributed by atoms with Crippen molar-refractivity contribution in [3.05, 3.63) is 54.1 Å². The summed E-state index contributed by atoms with van der Waals surface area (Å²) in [5.41, 5.74) is 0.887. The highest BCUT2D eigenvalue weighted by molar-refractivity contribution is 6.23. The molecule has 164 valence electrons. The molecular formula is C24H28N2O5. The molecule has 2 atom stereocenters. The standard InChI is InChI=1S/C24H28N2O5/c1-5-16(3)25(23(28)17-8-7-9-20(14-17)30-4)21-15-22(27)26(24(21)29)18-10-12-19(13-11-18)31-6-2/h7-14,16,21H,5-6,15H2,1-4H3. The third kappa shape index (κ3) is 4.55. The molecule has 0 aliphatic carbocycles. The summed E-state index contributed by atoms with van der Waals surface area (Å²) in [7, 11) is 1.53. The van der Waals surface area contributed by atoms with Crippen LogP contribution in [0.1, 0.15) is 44.0 Å². The quantitative estimate of drug-likeness (QED) is 0.605. The zero-order chi connectivity index (χ0) is 22.5. The van der Waals surface area contributed by atoms with Crippen molar-refractivity contribution in [3.63, 3.8) is 0 Å². The fourth-order valence-electron chi connectivity index (χ4n) is 3.71. The van der Waals surface area contributed by atoms with Crippen molar-refractivity contribution < 1.29 is 23.9 Å². The summed E-state index contributed by atoms with van der Waals surface area (Å²) in [6, 6.07) is 12.5. The molecule has 2 aromatic rings. The number of carbonyl (C=O) groups is 3. The van der Waals surface area contributed by atoms with E-state index in [-0.39, 0.29) is 24.3 Å². The third-order valence-corrected chi connectivity index (χ3v) is 5.48. The number of methoxy groups -OCH3 is 1. The Balaban J connectivity index is 1.91. The topological polar surface area (TPSA) is 76.2 Å². The molecule has 1 fully saturated rings. The largest absolute Gasteiger partial charge is 0.497 e. The third-order valence-electron chi connectivity index (χ3n) is 5.48. The minimum absolute atomic E-state index is 0.0495. The fraction of sp³-hybridized carbons (Fsp3) is 0.375. The number of amides is 3. The van der Waals surface area contributed by atoms with Gasteiger partial charge in [-0.3, -0.25) is 14.4 Å². The van der Waals surface area contributed by atoms with E-state index in [9.17, 15) is 14.4 Å². The molecule has 0 N–H and O–H groups in total. The van der Waals surface area contributed by atoms with Gasteiger partial charge in [0.05, 0.1) is 25.8 Å². The van der Waals surface area contributed by atoms with Gasteiger partial charge < -0.3 is 14.4 Å². The predicted octanol–water partition coefficient (Wildman–Crippen LogP) is 3.67. The number of anilines is 1. The van der Waals surface area contributed by atoms with Gasteiger partial charge in [0.1, 0.15) is 17.5 Å². The van der Waals surface area contributed by atoms with Gasteiger partial charge in [-0.25, -0.2) is 4.90 Å². The van der Waals surface area contributed by atoms with E-state index in [1.54, 1.807) is 48.5 Å². The van der Waals surface area contributed by atoms with Crippen LogP contribution in [0, 0.1) is 0 Å². The Bertz CT molecular complexity index is 957. The lowest BCUT2D eigenvalue weighted by Crippen LogP contribution is -2.49. The molecule has 0 radical (unpaired) electrons. The van der Waals surface area contributed by atoms with Crippen LogP contribution in [0.2, 0.25) is 0 Å². The second-order valence-corrected chi connectivity index (χ2v) is 7.42. The molecule has 0 aromatic heterocycles. The number of imide groups is 1. The van der Waals surface area contributed by atoms with E-state index in [0.29, 0.717) is 35.8 Å². The molecule has 7 heteroatoms. The van der Waals surface area contributed by atoms with Gasteiger partial charge in [-0.05, 0) is 62.7 Å². The Morgan fingerprint density at radius 3 is 2.45 bits per heavy atom. The maximum atomic E-state index is 13.4. The van der Waals surface area contributed by atoms with Crippen LogP contribution in [-0.4, -0.2) is 48.4 Å². The minimum atomic E-state index is -0.854. The molecule has 1 saturated heterocycles. The van der Waals surface area contributed by atoms with Gasteiger partial charge in [0, 0.05) is 11.6 Å². The number of benzene rings is 2. The van der Waals surface area contributed by atoms with Crippen molar-refractivity contribution in [1.29, 1.82) is 0 Å². The van der Waals surface area contributed by atoms with E-state index in [1.807, 2.05) is 20.8 Å². The number of hydrogen-bond donors (Lipinski definition) is 0. The monoisotopic (exact) mass is 424 g/mol. The molecule has 2 unspecified atom stereocenters. The summed E-state index contributed by atoms with van der Waals surface area (Å²) in [5, 5.41) is 0. The summed E-state index contributed by atoms with van der Waals surface area (Å²) in [4.78, 5) is 42.2. The molecule has 0 bridgehead atoms. The highest BCUT2D eigenvalue weighted by Gasteiger charge is 2.45. The van der Waals surface area contributed by atoms with Gasteiger partial charge in [0.2, 0.25) is 5.91 Å². The lowest BCUT2D eigenvalue weighted by Gasteiger charge is -2.33. The molecule has 1 aliphatic rings. The number of rotatable bonds is 8. The number of ether oxygens (including phenoxy) is 2. The highest BCUT2D eigenvalue weighted by Crippen LogP contribution is 2.30. The maximum absolute atomic E-state index is 13.4. The molecule has 1 heterocycles. The van der Waals surface area contributed by atoms with Crippen molar-refractivity contribution in [3.8, 4) is 11.5 Å². The molecule has 0 spiro atoms. The van der Waals surface area contributed by atoms with Gasteiger partial charge >= 0.3 is 0 Å². The minimum Gasteiger partial charge on any atom is -0.497 e. The van der Waals surface area contributed by atoms with Crippen LogP contribution in [0.5, 0.6) is 11.5 Å². The Morgan fingerprint density at radius 1 is 1.13 bits per heavy atom. The van der Waals surface area contributed by atoms with Crippen LogP contribution in [0.15, 0.2) is 48.5 Å². The summed E-state index contributed by atoms with van der Waals surface area (Å²) in [5.74, 6) is 0.195. The highest BCUT2D eigenvalue weighted by atomic mass is 16.5. The van der Waals surface area contributed by atoms with E-state index in [2.05, 4.69) is 0 Å². The number of nitrogens with zero attached hydrogens (tertiary/aromatic N) is 2. The van der Waals surface area contributed by atoms with Crippen molar-refractivity contribution in [1.82, 2.24) is 4.90 Å². The molecule has 2 aromatic carbocycles. The average Bonchev–Trinajstić information content (AvgIpc) is 3.08. The zero-order valence-corrected chi connectivity index (χ0v) is 18.3. The van der Waals surface area contributed by atoms with Crippen molar-refractivity contribution in [2.45, 2.75) is 45.7 Å². The Hall–Kier alpha value is -3.35. The molecule has 7 nitrogen and oxygen atoms in total. The summed E-state index contributed by atoms with van der Waals surface area (Å²) >= 11 is 0. The lowest BCUT2D eigenvalue weighted by molar-refractivity contribution is -0.122. The first-order chi connectivity index (χ1) is 14.9. The average molecular weight is 424 g/mol. The first kappa shape index (κ1) is 22.3. The normalized spacial score (nSPS) is 16.9. The molecule has 1 aliphatic heterocycles. The van der Waals surface area contributed by atoms with Crippen LogP contribution >= 0.6 is 0 Å². The van der Waals surface area contributed by atoms with Crippen LogP contribution < -0.4 is 14.4 Å². The van der Waals surface area contributed by atoms with Gasteiger partial charge in [0.15, 0.2) is 0 Å². The first-order valence-electron chi connectivity index (χ1n) is 10.5. The van der Waals surface area contributed by atoms with Crippen LogP contribution in [0.4, 0.5) is 5.69 Å². The molecular weight excluding hydrogens is 396 g/mol. The molecule has 0 saturated carbocycles. The van der Waals surface area contributed by atoms with E-state index in [4.69, 9.17) is 9.47 Å². The summed E-state index contributed by atoms with van der Waals surface area (Å²) in [6.07, 6.45) is 0.600. The van der Waals surface area contributed by atoms with E-state index in [1.165, 1.54) is 12.0 Å². The Labute approximate surface area is 182 Å². The van der Waals surface area contributed by atoms with Crippen LogP contribution in [0.3, 0.4) is 0 Å². The van der Waals surface area contributed by atoms with Crippen LogP contribution in [0.25, 0.3) is 0 Å². The van der Waals surface area contributed by atoms with E-state index >= 15 is 0 Å². The maximum Gasteiger partial charge on any atom is 0.257 e. The Kier molecular flexibility index (Phi) is 6.95. The smallest absolute Gasteiger partial charge is 0.257 e. The van der Waals surface area contributed by atoms with Gasteiger partial charge in [0.25, 0.3) is 11.8 Å². The van der Waals surface area contributed by atoms with Gasteiger partial charge in [-0.15, -0.1) is 0 Å². The number of carbonyl (C=O) groups excluding carboxylic acids is 3. The molecule has 3 amide bonds. The zero-order valence-electron chi connectivity index (χ0n) is 18.3. The molecule has 31 heavy (non-hydrogen) atoms. The second-order valence-electron chi connectivity index (χ2n) is 7.42. The van der Waals surface area contributed by atoms with E-state index < -0.39 is 11.9 Å². The van der Waals surface area contributed by atoms with E-state index in [0.717, 1.165) is 4.90 Å². The molecule has 3 rings (SSSR count). The van der Waals surface area contributed by atoms with Gasteiger partial charge in [-0.1, -0.05) is 13.0 Å². The Morgan fingerprint density at radius 2 is 1.84 bits per heavy atom. The summed E-state index contributed by atoms with van der Waals surface area (Å²) < 4.78 is 10.7. The predicted molar refractivity (Wildman–Crippen MR) is 117 cm³/mol. The van der Waals surface area contributed by atoms with Crippen LogP contribution in [-0.2, 0) is 9.59 Å². The van der Waals surface area contributed by atoms with Gasteiger partial charge in [-0.2, -0.15) is 0 Å². The SMILES string of the molecule is CCOc1ccc(N2C(=O)CC(N(C(=O)c3cccc(OC)c3)C(C)CC)C2=O)cc1. The first-order valence-corrected chi connectivity index (χ1v) is 10.5. The van der Waals surface area contributed by atoms with Crippen molar-refractivity contribution in [2.24, 2.45) is 0 Å². The van der Waals surface area contributed by atoms with Crippen molar-refractivity contribution in [2.75, 3.05) is 18.6 Å². The number of hydrogen-bond acceptors (Lipinski definition) is 5. The fourth-order valence-corrected chi connectivity index (χ4v) is 3.71. The van der Waals surface area contributed by atoms with Crippen molar-refractivity contribution >= 4 is 23.4 Å². The summed E-state index contributed by atoms with van der Waals surface area (Å²) in [6.45, 7) is 6.24.